The first-order chi connectivity index (χ1) is 12.8. The molecule has 9 nitrogen and oxygen atoms in total. The molecule has 1 N–H and O–H groups in total. The monoisotopic (exact) mass is 386 g/mol. The largest absolute Gasteiger partial charge is 0.372 e. The zero-order chi connectivity index (χ0) is 19.7. The zero-order valence-electron chi connectivity index (χ0n) is 15.3. The van der Waals surface area contributed by atoms with Crippen molar-refractivity contribution in [2.45, 2.75) is 6.92 Å². The van der Waals surface area contributed by atoms with Gasteiger partial charge in [0.05, 0.1) is 15.5 Å². The van der Waals surface area contributed by atoms with E-state index in [9.17, 15) is 14.9 Å². The number of nitro groups is 1. The van der Waals surface area contributed by atoms with Crippen LogP contribution in [0.5, 0.6) is 0 Å². The molecule has 2 aromatic heterocycles. The number of rotatable bonds is 5. The molecule has 0 saturated carbocycles. The molecule has 1 aromatic carbocycles. The number of nitrogens with one attached hydrogen (secondary N) is 1. The van der Waals surface area contributed by atoms with Crippen LogP contribution >= 0.6 is 11.3 Å². The maximum absolute atomic E-state index is 11.9. The first kappa shape index (κ1) is 18.5. The minimum atomic E-state index is -0.428. The SMILES string of the molecule is Cc1c(-c2ccnc(Nc3ccc(N(C)C)c([N+](=O)[O-])c3)n2)sc(=O)n1C. The summed E-state index contributed by atoms with van der Waals surface area (Å²) in [6, 6.07) is 6.56. The molecule has 10 heteroatoms. The molecule has 0 amide bonds. The van der Waals surface area contributed by atoms with Crippen molar-refractivity contribution >= 4 is 34.3 Å². The second-order valence-corrected chi connectivity index (χ2v) is 7.05. The lowest BCUT2D eigenvalue weighted by molar-refractivity contribution is -0.384. The van der Waals surface area contributed by atoms with Crippen LogP contribution in [0.1, 0.15) is 5.69 Å². The fraction of sp³-hybridized carbons (Fsp3) is 0.235. The number of hydrogen-bond donors (Lipinski definition) is 1. The number of nitrogens with zero attached hydrogens (tertiary/aromatic N) is 5. The van der Waals surface area contributed by atoms with Gasteiger partial charge in [0.1, 0.15) is 5.69 Å². The van der Waals surface area contributed by atoms with Crippen LogP contribution in [0.4, 0.5) is 23.0 Å². The lowest BCUT2D eigenvalue weighted by Crippen LogP contribution is -2.11. The molecule has 0 bridgehead atoms. The average molecular weight is 386 g/mol. The van der Waals surface area contributed by atoms with Gasteiger partial charge in [0, 0.05) is 44.8 Å². The van der Waals surface area contributed by atoms with Crippen molar-refractivity contribution in [3.8, 4) is 10.6 Å². The van der Waals surface area contributed by atoms with Gasteiger partial charge >= 0.3 is 4.87 Å². The highest BCUT2D eigenvalue weighted by Crippen LogP contribution is 2.31. The van der Waals surface area contributed by atoms with Crippen LogP contribution in [-0.2, 0) is 7.05 Å². The molecule has 0 atom stereocenters. The van der Waals surface area contributed by atoms with Gasteiger partial charge in [-0.1, -0.05) is 11.3 Å². The van der Waals surface area contributed by atoms with Crippen LogP contribution in [0.2, 0.25) is 0 Å². The third kappa shape index (κ3) is 3.65. The van der Waals surface area contributed by atoms with Crippen molar-refractivity contribution in [2.75, 3.05) is 24.3 Å². The number of aromatic nitrogens is 3. The second kappa shape index (κ2) is 7.16. The standard InChI is InChI=1S/C17H18N6O3S/c1-10-15(27-17(24)22(10)4)12-7-8-18-16(20-12)19-11-5-6-13(21(2)3)14(9-11)23(25)26/h5-9H,1-4H3,(H,18,19,20). The van der Waals surface area contributed by atoms with E-state index in [1.54, 1.807) is 55.0 Å². The van der Waals surface area contributed by atoms with Crippen LogP contribution in [0.15, 0.2) is 35.3 Å². The van der Waals surface area contributed by atoms with Crippen LogP contribution in [0, 0.1) is 17.0 Å². The van der Waals surface area contributed by atoms with Crippen molar-refractivity contribution < 1.29 is 4.92 Å². The highest BCUT2D eigenvalue weighted by Gasteiger charge is 2.17. The predicted molar refractivity (Wildman–Crippen MR) is 106 cm³/mol. The molecule has 0 unspecified atom stereocenters. The molecule has 0 aliphatic carbocycles. The first-order valence-electron chi connectivity index (χ1n) is 8.00. The van der Waals surface area contributed by atoms with E-state index in [-0.39, 0.29) is 10.6 Å². The summed E-state index contributed by atoms with van der Waals surface area (Å²) in [5, 5.41) is 14.3. The summed E-state index contributed by atoms with van der Waals surface area (Å²) in [7, 11) is 5.20. The Labute approximate surface area is 159 Å². The Balaban J connectivity index is 1.95. The van der Waals surface area contributed by atoms with E-state index in [1.807, 2.05) is 6.92 Å². The van der Waals surface area contributed by atoms with E-state index >= 15 is 0 Å². The predicted octanol–water partition coefficient (Wildman–Crippen LogP) is 2.93. The summed E-state index contributed by atoms with van der Waals surface area (Å²) in [5.74, 6) is 0.294. The molecule has 0 aliphatic rings. The van der Waals surface area contributed by atoms with Crippen molar-refractivity contribution in [3.05, 3.63) is 55.9 Å². The molecular formula is C17H18N6O3S. The highest BCUT2D eigenvalue weighted by atomic mass is 32.1. The Morgan fingerprint density at radius 1 is 1.30 bits per heavy atom. The van der Waals surface area contributed by atoms with Crippen LogP contribution in [0.3, 0.4) is 0 Å². The molecule has 27 heavy (non-hydrogen) atoms. The first-order valence-corrected chi connectivity index (χ1v) is 8.82. The van der Waals surface area contributed by atoms with E-state index in [0.29, 0.717) is 23.0 Å². The summed E-state index contributed by atoms with van der Waals surface area (Å²) >= 11 is 1.12. The molecule has 2 heterocycles. The Morgan fingerprint density at radius 2 is 2.04 bits per heavy atom. The molecule has 0 spiro atoms. The fourth-order valence-corrected chi connectivity index (χ4v) is 3.51. The molecule has 0 saturated heterocycles. The van der Waals surface area contributed by atoms with Gasteiger partial charge in [0.25, 0.3) is 5.69 Å². The van der Waals surface area contributed by atoms with Gasteiger partial charge in [-0.15, -0.1) is 0 Å². The van der Waals surface area contributed by atoms with Crippen LogP contribution in [-0.4, -0.2) is 33.6 Å². The molecule has 3 rings (SSSR count). The van der Waals surface area contributed by atoms with Crippen LogP contribution in [0.25, 0.3) is 10.6 Å². The molecule has 0 radical (unpaired) electrons. The number of benzene rings is 1. The van der Waals surface area contributed by atoms with E-state index < -0.39 is 4.92 Å². The summed E-state index contributed by atoms with van der Waals surface area (Å²) < 4.78 is 1.57. The lowest BCUT2D eigenvalue weighted by atomic mass is 10.2. The maximum atomic E-state index is 11.9. The second-order valence-electron chi connectivity index (χ2n) is 6.09. The minimum Gasteiger partial charge on any atom is -0.372 e. The maximum Gasteiger partial charge on any atom is 0.307 e. The van der Waals surface area contributed by atoms with Crippen molar-refractivity contribution in [2.24, 2.45) is 7.05 Å². The third-order valence-electron chi connectivity index (χ3n) is 4.09. The fourth-order valence-electron chi connectivity index (χ4n) is 2.56. The minimum absolute atomic E-state index is 0.0155. The van der Waals surface area contributed by atoms with Gasteiger partial charge in [-0.3, -0.25) is 14.9 Å². The normalized spacial score (nSPS) is 10.7. The highest BCUT2D eigenvalue weighted by molar-refractivity contribution is 7.13. The third-order valence-corrected chi connectivity index (χ3v) is 5.25. The van der Waals surface area contributed by atoms with Crippen LogP contribution < -0.4 is 15.1 Å². The van der Waals surface area contributed by atoms with Crippen molar-refractivity contribution in [1.29, 1.82) is 0 Å². The van der Waals surface area contributed by atoms with Gasteiger partial charge in [0.15, 0.2) is 0 Å². The Bertz CT molecular complexity index is 1070. The summed E-state index contributed by atoms with van der Waals surface area (Å²) in [6.45, 7) is 1.85. The van der Waals surface area contributed by atoms with E-state index in [1.165, 1.54) is 6.07 Å². The molecule has 0 aliphatic heterocycles. The molecular weight excluding hydrogens is 368 g/mol. The summed E-state index contributed by atoms with van der Waals surface area (Å²) in [4.78, 5) is 33.7. The van der Waals surface area contributed by atoms with Gasteiger partial charge in [-0.2, -0.15) is 0 Å². The van der Waals surface area contributed by atoms with E-state index in [4.69, 9.17) is 0 Å². The molecule has 0 fully saturated rings. The number of hydrogen-bond acceptors (Lipinski definition) is 8. The smallest absolute Gasteiger partial charge is 0.307 e. The number of anilines is 3. The van der Waals surface area contributed by atoms with E-state index in [2.05, 4.69) is 15.3 Å². The summed E-state index contributed by atoms with van der Waals surface area (Å²) in [6.07, 6.45) is 1.58. The Morgan fingerprint density at radius 3 is 2.63 bits per heavy atom. The van der Waals surface area contributed by atoms with Gasteiger partial charge in [-0.25, -0.2) is 9.97 Å². The number of thiazole rings is 1. The van der Waals surface area contributed by atoms with Gasteiger partial charge in [0.2, 0.25) is 5.95 Å². The lowest BCUT2D eigenvalue weighted by Gasteiger charge is -2.14. The molecule has 140 valence electrons. The van der Waals surface area contributed by atoms with Crippen molar-refractivity contribution in [3.63, 3.8) is 0 Å². The quantitative estimate of drug-likeness (QED) is 0.531. The topological polar surface area (TPSA) is 106 Å². The van der Waals surface area contributed by atoms with E-state index in [0.717, 1.165) is 21.9 Å². The zero-order valence-corrected chi connectivity index (χ0v) is 16.1. The Kier molecular flexibility index (Phi) is 4.91. The summed E-state index contributed by atoms with van der Waals surface area (Å²) in [5.41, 5.74) is 2.43. The Hall–Kier alpha value is -3.27. The van der Waals surface area contributed by atoms with Crippen molar-refractivity contribution in [1.82, 2.24) is 14.5 Å². The number of nitro benzene ring substituents is 1. The van der Waals surface area contributed by atoms with Gasteiger partial charge < -0.3 is 14.8 Å². The molecule has 3 aromatic rings. The average Bonchev–Trinajstić information content (AvgIpc) is 2.89. The van der Waals surface area contributed by atoms with Gasteiger partial charge in [-0.05, 0) is 25.1 Å².